The Morgan fingerprint density at radius 3 is 2.60 bits per heavy atom. The Kier molecular flexibility index (Phi) is 4.22. The number of primary sulfonamides is 1. The number of sulfonamides is 1. The number of nitrogens with two attached hydrogens (primary N) is 2. The number of piperidine rings is 1. The Bertz CT molecular complexity index is 586. The summed E-state index contributed by atoms with van der Waals surface area (Å²) in [6, 6.07) is 5.45. The Morgan fingerprint density at radius 2 is 2.05 bits per heavy atom. The van der Waals surface area contributed by atoms with Crippen molar-refractivity contribution >= 4 is 21.4 Å². The van der Waals surface area contributed by atoms with Crippen molar-refractivity contribution in [2.45, 2.75) is 23.8 Å². The van der Waals surface area contributed by atoms with Crippen LogP contribution in [0.15, 0.2) is 23.1 Å². The van der Waals surface area contributed by atoms with Crippen molar-refractivity contribution in [1.29, 1.82) is 0 Å². The quantitative estimate of drug-likeness (QED) is 0.790. The molecule has 1 saturated heterocycles. The minimum absolute atomic E-state index is 0.0116. The third kappa shape index (κ3) is 3.23. The molecule has 1 aliphatic heterocycles. The van der Waals surface area contributed by atoms with E-state index in [0.29, 0.717) is 6.04 Å². The van der Waals surface area contributed by atoms with Gasteiger partial charge in [-0.3, -0.25) is 0 Å². The largest absolute Gasteiger partial charge is 0.398 e. The Labute approximate surface area is 120 Å². The van der Waals surface area contributed by atoms with Gasteiger partial charge in [0.15, 0.2) is 0 Å². The van der Waals surface area contributed by atoms with E-state index in [0.717, 1.165) is 25.2 Å². The highest BCUT2D eigenvalue weighted by molar-refractivity contribution is 7.89. The fourth-order valence-corrected chi connectivity index (χ4v) is 3.25. The predicted octanol–water partition coefficient (Wildman–Crippen LogP) is 0.447. The molecule has 1 fully saturated rings. The molecule has 112 valence electrons. The molecule has 20 heavy (non-hydrogen) atoms. The lowest BCUT2D eigenvalue weighted by atomic mass is 10.0. The van der Waals surface area contributed by atoms with Gasteiger partial charge in [0, 0.05) is 24.8 Å². The number of nitrogens with zero attached hydrogens (tertiary/aromatic N) is 2. The number of hydrogen-bond acceptors (Lipinski definition) is 5. The summed E-state index contributed by atoms with van der Waals surface area (Å²) >= 11 is 0. The zero-order valence-corrected chi connectivity index (χ0v) is 12.7. The van der Waals surface area contributed by atoms with Crippen molar-refractivity contribution in [2.75, 3.05) is 37.8 Å². The molecule has 4 N–H and O–H groups in total. The molecule has 1 aromatic carbocycles. The van der Waals surface area contributed by atoms with E-state index in [4.69, 9.17) is 10.9 Å². The minimum Gasteiger partial charge on any atom is -0.398 e. The van der Waals surface area contributed by atoms with Crippen LogP contribution in [-0.4, -0.2) is 46.5 Å². The van der Waals surface area contributed by atoms with E-state index < -0.39 is 10.0 Å². The number of anilines is 2. The van der Waals surface area contributed by atoms with Gasteiger partial charge in [0.05, 0.1) is 5.69 Å². The molecule has 0 aromatic heterocycles. The summed E-state index contributed by atoms with van der Waals surface area (Å²) in [5.74, 6) is 0. The van der Waals surface area contributed by atoms with Crippen LogP contribution in [0.3, 0.4) is 0 Å². The molecule has 0 aliphatic carbocycles. The van der Waals surface area contributed by atoms with Gasteiger partial charge in [0.25, 0.3) is 0 Å². The van der Waals surface area contributed by atoms with Crippen molar-refractivity contribution in [2.24, 2.45) is 5.14 Å². The second kappa shape index (κ2) is 5.59. The molecule has 1 atom stereocenters. The van der Waals surface area contributed by atoms with Crippen LogP contribution in [0.2, 0.25) is 0 Å². The molecule has 1 aliphatic rings. The van der Waals surface area contributed by atoms with Crippen LogP contribution in [-0.2, 0) is 10.0 Å². The molecule has 6 nitrogen and oxygen atoms in total. The summed E-state index contributed by atoms with van der Waals surface area (Å²) in [5.41, 5.74) is 6.96. The fourth-order valence-electron chi connectivity index (χ4n) is 2.60. The van der Waals surface area contributed by atoms with Gasteiger partial charge in [0.2, 0.25) is 10.0 Å². The predicted molar refractivity (Wildman–Crippen MR) is 81.1 cm³/mol. The molecule has 0 spiro atoms. The summed E-state index contributed by atoms with van der Waals surface area (Å²) < 4.78 is 22.7. The van der Waals surface area contributed by atoms with Gasteiger partial charge >= 0.3 is 0 Å². The second-order valence-corrected chi connectivity index (χ2v) is 7.00. The number of nitrogen functional groups attached to an aromatic ring is 1. The molecule has 0 amide bonds. The van der Waals surface area contributed by atoms with Crippen LogP contribution in [0.4, 0.5) is 11.4 Å². The molecule has 1 unspecified atom stereocenters. The van der Waals surface area contributed by atoms with E-state index in [-0.39, 0.29) is 10.6 Å². The van der Waals surface area contributed by atoms with Gasteiger partial charge in [-0.05, 0) is 45.1 Å². The standard InChI is InChI=1S/C13H22N4O2S/c1-16(2)11-4-3-7-17(9-11)10-5-6-13(12(14)8-10)20(15,18)19/h5-6,8,11H,3-4,7,9,14H2,1-2H3,(H2,15,18,19). The van der Waals surface area contributed by atoms with Crippen molar-refractivity contribution < 1.29 is 8.42 Å². The molecular formula is C13H22N4O2S. The van der Waals surface area contributed by atoms with Crippen molar-refractivity contribution in [1.82, 2.24) is 4.90 Å². The van der Waals surface area contributed by atoms with E-state index in [2.05, 4.69) is 23.9 Å². The maximum atomic E-state index is 11.4. The van der Waals surface area contributed by atoms with Crippen LogP contribution in [0.5, 0.6) is 0 Å². The van der Waals surface area contributed by atoms with E-state index in [1.54, 1.807) is 12.1 Å². The Morgan fingerprint density at radius 1 is 1.35 bits per heavy atom. The first-order chi connectivity index (χ1) is 9.29. The summed E-state index contributed by atoms with van der Waals surface area (Å²) in [7, 11) is 0.395. The van der Waals surface area contributed by atoms with Gasteiger partial charge in [0.1, 0.15) is 4.90 Å². The highest BCUT2D eigenvalue weighted by Gasteiger charge is 2.22. The van der Waals surface area contributed by atoms with Crippen LogP contribution >= 0.6 is 0 Å². The topological polar surface area (TPSA) is 92.7 Å². The number of hydrogen-bond donors (Lipinski definition) is 2. The molecule has 7 heteroatoms. The molecular weight excluding hydrogens is 276 g/mol. The maximum Gasteiger partial charge on any atom is 0.240 e. The van der Waals surface area contributed by atoms with Gasteiger partial charge in [-0.25, -0.2) is 13.6 Å². The molecule has 1 heterocycles. The average Bonchev–Trinajstić information content (AvgIpc) is 2.37. The zero-order chi connectivity index (χ0) is 14.9. The van der Waals surface area contributed by atoms with E-state index in [9.17, 15) is 8.42 Å². The molecule has 0 bridgehead atoms. The lowest BCUT2D eigenvalue weighted by Crippen LogP contribution is -2.45. The third-order valence-electron chi connectivity index (χ3n) is 3.79. The number of benzene rings is 1. The van der Waals surface area contributed by atoms with Crippen molar-refractivity contribution in [3.8, 4) is 0 Å². The first-order valence-electron chi connectivity index (χ1n) is 6.63. The van der Waals surface area contributed by atoms with Gasteiger partial charge in [-0.1, -0.05) is 0 Å². The Balaban J connectivity index is 2.24. The van der Waals surface area contributed by atoms with E-state index in [1.807, 2.05) is 0 Å². The smallest absolute Gasteiger partial charge is 0.240 e. The number of likely N-dealkylation sites (N-methyl/N-ethyl adjacent to an activating group) is 1. The van der Waals surface area contributed by atoms with Crippen molar-refractivity contribution in [3.63, 3.8) is 0 Å². The summed E-state index contributed by atoms with van der Waals surface area (Å²) in [6.07, 6.45) is 2.29. The molecule has 2 rings (SSSR count). The number of rotatable bonds is 3. The normalized spacial score (nSPS) is 20.4. The zero-order valence-electron chi connectivity index (χ0n) is 11.9. The second-order valence-electron chi connectivity index (χ2n) is 5.47. The van der Waals surface area contributed by atoms with Crippen LogP contribution in [0.1, 0.15) is 12.8 Å². The maximum absolute atomic E-state index is 11.4. The van der Waals surface area contributed by atoms with E-state index in [1.165, 1.54) is 12.5 Å². The highest BCUT2D eigenvalue weighted by Crippen LogP contribution is 2.27. The minimum atomic E-state index is -3.76. The van der Waals surface area contributed by atoms with Gasteiger partial charge in [-0.15, -0.1) is 0 Å². The molecule has 0 saturated carbocycles. The SMILES string of the molecule is CN(C)C1CCCN(c2ccc(S(N)(=O)=O)c(N)c2)C1. The third-order valence-corrected chi connectivity index (χ3v) is 4.78. The summed E-state index contributed by atoms with van der Waals surface area (Å²) in [4.78, 5) is 4.44. The lowest BCUT2D eigenvalue weighted by Gasteiger charge is -2.37. The first-order valence-corrected chi connectivity index (χ1v) is 8.17. The summed E-state index contributed by atoms with van der Waals surface area (Å²) in [6.45, 7) is 1.87. The lowest BCUT2D eigenvalue weighted by molar-refractivity contribution is 0.258. The van der Waals surface area contributed by atoms with Crippen LogP contribution in [0.25, 0.3) is 0 Å². The van der Waals surface area contributed by atoms with E-state index >= 15 is 0 Å². The van der Waals surface area contributed by atoms with Gasteiger partial charge < -0.3 is 15.5 Å². The molecule has 1 aromatic rings. The van der Waals surface area contributed by atoms with Crippen LogP contribution in [0, 0.1) is 0 Å². The van der Waals surface area contributed by atoms with Crippen molar-refractivity contribution in [3.05, 3.63) is 18.2 Å². The first kappa shape index (κ1) is 15.1. The summed E-state index contributed by atoms with van der Waals surface area (Å²) in [5, 5.41) is 5.12. The monoisotopic (exact) mass is 298 g/mol. The molecule has 0 radical (unpaired) electrons. The van der Waals surface area contributed by atoms with Gasteiger partial charge in [-0.2, -0.15) is 0 Å². The highest BCUT2D eigenvalue weighted by atomic mass is 32.2. The fraction of sp³-hybridized carbons (Fsp3) is 0.538. The Hall–Kier alpha value is -1.31. The average molecular weight is 298 g/mol. The van der Waals surface area contributed by atoms with Crippen LogP contribution < -0.4 is 15.8 Å².